The van der Waals surface area contributed by atoms with E-state index in [-0.39, 0.29) is 18.0 Å². The van der Waals surface area contributed by atoms with Crippen molar-refractivity contribution in [2.24, 2.45) is 11.8 Å². The van der Waals surface area contributed by atoms with Crippen LogP contribution in [0.5, 0.6) is 0 Å². The summed E-state index contributed by atoms with van der Waals surface area (Å²) in [5, 5.41) is 10.9. The topological polar surface area (TPSA) is 76.8 Å². The maximum atomic E-state index is 14.0. The number of carbonyl (C=O) groups excluding carboxylic acids is 1. The van der Waals surface area contributed by atoms with Crippen molar-refractivity contribution < 1.29 is 4.79 Å². The molecule has 7 heteroatoms. The number of rotatable bonds is 5. The van der Waals surface area contributed by atoms with Gasteiger partial charge >= 0.3 is 0 Å². The molecule has 5 heterocycles. The van der Waals surface area contributed by atoms with E-state index in [1.807, 2.05) is 31.3 Å². The SMILES string of the molecule is Cc1ccc(-n2nccn2)c(C(=O)N2C3CC(C3)[C@@H](C)C2CCc2cc3ccccc3cn2)n1. The number of aromatic nitrogens is 5. The highest BCUT2D eigenvalue weighted by molar-refractivity contribution is 5.96. The highest BCUT2D eigenvalue weighted by atomic mass is 16.2. The third-order valence-corrected chi connectivity index (χ3v) is 7.72. The van der Waals surface area contributed by atoms with E-state index in [0.717, 1.165) is 42.5 Å². The number of aryl methyl sites for hydroxylation is 2. The number of nitrogens with zero attached hydrogens (tertiary/aromatic N) is 6. The highest BCUT2D eigenvalue weighted by Crippen LogP contribution is 2.48. The van der Waals surface area contributed by atoms with Crippen LogP contribution >= 0.6 is 0 Å². The van der Waals surface area contributed by atoms with Gasteiger partial charge in [0.15, 0.2) is 5.69 Å². The number of hydrogen-bond acceptors (Lipinski definition) is 5. The smallest absolute Gasteiger partial charge is 0.275 e. The molecule has 4 aromatic rings. The number of piperidine rings is 2. The summed E-state index contributed by atoms with van der Waals surface area (Å²) in [6.45, 7) is 4.22. The lowest BCUT2D eigenvalue weighted by Gasteiger charge is -2.57. The molecular formula is C27H28N6O. The molecule has 3 fully saturated rings. The molecule has 3 aromatic heterocycles. The van der Waals surface area contributed by atoms with Gasteiger partial charge in [-0.25, -0.2) is 4.98 Å². The molecular weight excluding hydrogens is 424 g/mol. The van der Waals surface area contributed by atoms with Crippen LogP contribution in [-0.2, 0) is 6.42 Å². The van der Waals surface area contributed by atoms with Gasteiger partial charge in [-0.2, -0.15) is 10.2 Å². The van der Waals surface area contributed by atoms with E-state index in [1.54, 1.807) is 12.4 Å². The van der Waals surface area contributed by atoms with Crippen molar-refractivity contribution in [3.63, 3.8) is 0 Å². The lowest BCUT2D eigenvalue weighted by atomic mass is 9.64. The van der Waals surface area contributed by atoms with Crippen molar-refractivity contribution in [3.05, 3.63) is 78.1 Å². The van der Waals surface area contributed by atoms with Gasteiger partial charge < -0.3 is 4.90 Å². The van der Waals surface area contributed by atoms with Gasteiger partial charge in [0.05, 0.1) is 12.4 Å². The Balaban J connectivity index is 1.30. The van der Waals surface area contributed by atoms with Gasteiger partial charge in [-0.1, -0.05) is 31.2 Å². The first-order chi connectivity index (χ1) is 16.6. The molecule has 0 N–H and O–H groups in total. The lowest BCUT2D eigenvalue weighted by molar-refractivity contribution is -0.0573. The van der Waals surface area contributed by atoms with Crippen LogP contribution in [0.4, 0.5) is 0 Å². The summed E-state index contributed by atoms with van der Waals surface area (Å²) >= 11 is 0. The first-order valence-corrected chi connectivity index (χ1v) is 12.1. The summed E-state index contributed by atoms with van der Waals surface area (Å²) in [6, 6.07) is 14.7. The molecule has 0 radical (unpaired) electrons. The Morgan fingerprint density at radius 3 is 2.62 bits per heavy atom. The lowest BCUT2D eigenvalue weighted by Crippen LogP contribution is -2.63. The minimum Gasteiger partial charge on any atom is -0.331 e. The Labute approximate surface area is 198 Å². The minimum atomic E-state index is -0.0116. The maximum absolute atomic E-state index is 14.0. The first kappa shape index (κ1) is 21.0. The number of hydrogen-bond donors (Lipinski definition) is 0. The van der Waals surface area contributed by atoms with E-state index in [2.05, 4.69) is 51.3 Å². The van der Waals surface area contributed by atoms with Crippen LogP contribution < -0.4 is 0 Å². The zero-order valence-electron chi connectivity index (χ0n) is 19.5. The molecule has 2 aliphatic heterocycles. The summed E-state index contributed by atoms with van der Waals surface area (Å²) in [5.74, 6) is 1.13. The summed E-state index contributed by atoms with van der Waals surface area (Å²) < 4.78 is 0. The van der Waals surface area contributed by atoms with Crippen LogP contribution in [0.2, 0.25) is 0 Å². The van der Waals surface area contributed by atoms with Gasteiger partial charge in [-0.15, -0.1) is 4.80 Å². The van der Waals surface area contributed by atoms with Crippen molar-refractivity contribution in [1.82, 2.24) is 29.9 Å². The maximum Gasteiger partial charge on any atom is 0.275 e. The van der Waals surface area contributed by atoms with E-state index in [9.17, 15) is 4.79 Å². The summed E-state index contributed by atoms with van der Waals surface area (Å²) in [4.78, 5) is 27.0. The van der Waals surface area contributed by atoms with Crippen molar-refractivity contribution in [2.75, 3.05) is 0 Å². The van der Waals surface area contributed by atoms with Crippen LogP contribution in [0.3, 0.4) is 0 Å². The molecule has 0 spiro atoms. The first-order valence-electron chi connectivity index (χ1n) is 12.1. The molecule has 2 bridgehead atoms. The van der Waals surface area contributed by atoms with E-state index >= 15 is 0 Å². The molecule has 1 aromatic carbocycles. The van der Waals surface area contributed by atoms with Gasteiger partial charge in [-0.05, 0) is 68.0 Å². The Bertz CT molecular complexity index is 1340. The fraction of sp³-hybridized carbons (Fsp3) is 0.370. The van der Waals surface area contributed by atoms with E-state index in [1.165, 1.54) is 10.2 Å². The van der Waals surface area contributed by atoms with Gasteiger partial charge in [0, 0.05) is 35.1 Å². The van der Waals surface area contributed by atoms with Crippen molar-refractivity contribution in [3.8, 4) is 5.69 Å². The van der Waals surface area contributed by atoms with Crippen LogP contribution in [0, 0.1) is 18.8 Å². The van der Waals surface area contributed by atoms with Crippen LogP contribution in [0.1, 0.15) is 48.1 Å². The van der Waals surface area contributed by atoms with E-state index in [0.29, 0.717) is 23.2 Å². The number of fused-ring (bicyclic) bond motifs is 3. The standard InChI is InChI=1S/C27H28N6O/c1-17-7-9-25(33-29-11-12-30-33)26(31-17)27(34)32-23-14-21(15-23)18(2)24(32)10-8-22-13-19-5-3-4-6-20(19)16-28-22/h3-7,9,11-13,16,18,21,23-24H,8,10,14-15H2,1-2H3/t18-,21?,23?,24?/m1/s1. The van der Waals surface area contributed by atoms with Gasteiger partial charge in [0.25, 0.3) is 5.91 Å². The summed E-state index contributed by atoms with van der Waals surface area (Å²) in [6.07, 6.45) is 9.09. The average molecular weight is 453 g/mol. The quantitative estimate of drug-likeness (QED) is 0.449. The largest absolute Gasteiger partial charge is 0.331 e. The second kappa shape index (κ2) is 8.31. The Kier molecular flexibility index (Phi) is 5.12. The fourth-order valence-corrected chi connectivity index (χ4v) is 5.74. The third-order valence-electron chi connectivity index (χ3n) is 7.72. The number of carbonyl (C=O) groups is 1. The predicted octanol–water partition coefficient (Wildman–Crippen LogP) is 4.39. The van der Waals surface area contributed by atoms with Gasteiger partial charge in [-0.3, -0.25) is 9.78 Å². The highest BCUT2D eigenvalue weighted by Gasteiger charge is 2.50. The molecule has 172 valence electrons. The number of amides is 1. The molecule has 7 nitrogen and oxygen atoms in total. The zero-order chi connectivity index (χ0) is 23.2. The molecule has 1 saturated carbocycles. The van der Waals surface area contributed by atoms with Gasteiger partial charge in [0.1, 0.15) is 5.69 Å². The normalized spacial score (nSPS) is 23.6. The zero-order valence-corrected chi connectivity index (χ0v) is 19.5. The molecule has 1 unspecified atom stereocenters. The second-order valence-electron chi connectivity index (χ2n) is 9.72. The molecule has 2 atom stereocenters. The monoisotopic (exact) mass is 452 g/mol. The number of pyridine rings is 2. The molecule has 1 amide bonds. The van der Waals surface area contributed by atoms with E-state index in [4.69, 9.17) is 4.98 Å². The van der Waals surface area contributed by atoms with Crippen LogP contribution in [0.25, 0.3) is 16.5 Å². The Morgan fingerprint density at radius 2 is 1.82 bits per heavy atom. The minimum absolute atomic E-state index is 0.0116. The van der Waals surface area contributed by atoms with Crippen LogP contribution in [-0.4, -0.2) is 47.9 Å². The van der Waals surface area contributed by atoms with Crippen LogP contribution in [0.15, 0.2) is 61.1 Å². The Hall–Kier alpha value is -3.61. The Morgan fingerprint density at radius 1 is 1.06 bits per heavy atom. The van der Waals surface area contributed by atoms with Crippen molar-refractivity contribution in [2.45, 2.75) is 51.6 Å². The van der Waals surface area contributed by atoms with E-state index < -0.39 is 0 Å². The third kappa shape index (κ3) is 3.56. The molecule has 2 saturated heterocycles. The molecule has 1 aliphatic carbocycles. The predicted molar refractivity (Wildman–Crippen MR) is 130 cm³/mol. The van der Waals surface area contributed by atoms with Crippen molar-refractivity contribution >= 4 is 16.7 Å². The fourth-order valence-electron chi connectivity index (χ4n) is 5.74. The van der Waals surface area contributed by atoms with Gasteiger partial charge in [0.2, 0.25) is 0 Å². The van der Waals surface area contributed by atoms with Crippen molar-refractivity contribution in [1.29, 1.82) is 0 Å². The molecule has 34 heavy (non-hydrogen) atoms. The second-order valence-corrected chi connectivity index (χ2v) is 9.72. The summed E-state index contributed by atoms with van der Waals surface area (Å²) in [7, 11) is 0. The molecule has 3 aliphatic rings. The average Bonchev–Trinajstić information content (AvgIpc) is 3.36. The summed E-state index contributed by atoms with van der Waals surface area (Å²) in [5.41, 5.74) is 2.95. The number of benzene rings is 1. The molecule has 7 rings (SSSR count).